The normalized spacial score (nSPS) is 24.7. The van der Waals surface area contributed by atoms with E-state index in [1.165, 1.54) is 17.1 Å². The van der Waals surface area contributed by atoms with Gasteiger partial charge >= 0.3 is 5.97 Å². The minimum atomic E-state index is -1.05. The lowest BCUT2D eigenvalue weighted by atomic mass is 9.88. The zero-order valence-electron chi connectivity index (χ0n) is 32.3. The number of fused-ring (bicyclic) bond motifs is 2. The summed E-state index contributed by atoms with van der Waals surface area (Å²) in [4.78, 5) is 71.4. The number of amides is 2. The Morgan fingerprint density at radius 1 is 1.17 bits per heavy atom. The molecule has 0 saturated carbocycles. The molecule has 2 N–H and O–H groups in total. The van der Waals surface area contributed by atoms with Gasteiger partial charge in [-0.15, -0.1) is 0 Å². The van der Waals surface area contributed by atoms with Crippen molar-refractivity contribution in [2.75, 3.05) is 20.2 Å². The van der Waals surface area contributed by atoms with Crippen molar-refractivity contribution in [1.82, 2.24) is 15.2 Å². The second-order valence-electron chi connectivity index (χ2n) is 13.3. The zero-order chi connectivity index (χ0) is 39.5. The number of carbonyl (C=O) groups excluding carboxylic acids is 5. The van der Waals surface area contributed by atoms with Crippen LogP contribution in [-0.4, -0.2) is 82.8 Å². The molecule has 0 radical (unpaired) electrons. The van der Waals surface area contributed by atoms with Gasteiger partial charge in [-0.25, -0.2) is 9.78 Å². The third-order valence-electron chi connectivity index (χ3n) is 8.99. The molecule has 1 aromatic rings. The summed E-state index contributed by atoms with van der Waals surface area (Å²) >= 11 is 0. The smallest absolute Gasteiger partial charge is 0.329 e. The minimum Gasteiger partial charge on any atom is -0.501 e. The van der Waals surface area contributed by atoms with Crippen molar-refractivity contribution in [2.45, 2.75) is 105 Å². The van der Waals surface area contributed by atoms with Crippen LogP contribution in [0.4, 0.5) is 0 Å². The van der Waals surface area contributed by atoms with Crippen molar-refractivity contribution in [1.29, 1.82) is 0 Å². The molecule has 0 fully saturated rings. The number of hydrogen-bond donors (Lipinski definition) is 2. The van der Waals surface area contributed by atoms with Gasteiger partial charge in [-0.2, -0.15) is 0 Å². The fourth-order valence-electron chi connectivity index (χ4n) is 5.82. The number of oxazole rings is 1. The highest BCUT2D eigenvalue weighted by molar-refractivity contribution is 5.95. The molecule has 0 unspecified atom stereocenters. The molecule has 0 aliphatic carbocycles. The molecule has 12 nitrogen and oxygen atoms in total. The Labute approximate surface area is 313 Å². The molecule has 2 amide bonds. The predicted molar refractivity (Wildman–Crippen MR) is 202 cm³/mol. The summed E-state index contributed by atoms with van der Waals surface area (Å²) in [6, 6.07) is -0.969. The molecular formula is C41H57N3O9. The third-order valence-corrected chi connectivity index (χ3v) is 8.99. The lowest BCUT2D eigenvalue weighted by Gasteiger charge is -2.33. The molecule has 1 aliphatic rings. The van der Waals surface area contributed by atoms with Crippen molar-refractivity contribution in [3.63, 3.8) is 0 Å². The van der Waals surface area contributed by atoms with Crippen molar-refractivity contribution in [3.05, 3.63) is 89.9 Å². The lowest BCUT2D eigenvalue weighted by Crippen LogP contribution is -2.47. The van der Waals surface area contributed by atoms with Crippen LogP contribution < -0.4 is 5.32 Å². The lowest BCUT2D eigenvalue weighted by molar-refractivity contribution is -0.159. The largest absolute Gasteiger partial charge is 0.501 e. The molecule has 5 atom stereocenters. The van der Waals surface area contributed by atoms with Crippen molar-refractivity contribution < 1.29 is 43.0 Å². The van der Waals surface area contributed by atoms with E-state index >= 15 is 0 Å². The first-order valence-corrected chi connectivity index (χ1v) is 18.2. The van der Waals surface area contributed by atoms with E-state index in [2.05, 4.69) is 16.9 Å². The fourth-order valence-corrected chi connectivity index (χ4v) is 5.82. The van der Waals surface area contributed by atoms with Gasteiger partial charge in [0, 0.05) is 38.3 Å². The van der Waals surface area contributed by atoms with Crippen molar-refractivity contribution in [2.24, 2.45) is 11.8 Å². The topological polar surface area (TPSA) is 165 Å². The predicted octanol–water partition coefficient (Wildman–Crippen LogP) is 5.94. The van der Waals surface area contributed by atoms with Crippen LogP contribution in [0.3, 0.4) is 0 Å². The van der Waals surface area contributed by atoms with Gasteiger partial charge in [0.05, 0.1) is 25.4 Å². The number of aliphatic hydroxyl groups is 1. The maximum Gasteiger partial charge on any atom is 0.329 e. The summed E-state index contributed by atoms with van der Waals surface area (Å²) in [6.45, 7) is 15.0. The average Bonchev–Trinajstić information content (AvgIpc) is 3.59. The number of esters is 1. The number of ether oxygens (including phenoxy) is 2. The Hall–Kier alpha value is -4.84. The molecule has 53 heavy (non-hydrogen) atoms. The Morgan fingerprint density at radius 2 is 1.91 bits per heavy atom. The quantitative estimate of drug-likeness (QED) is 0.149. The summed E-state index contributed by atoms with van der Waals surface area (Å²) in [5.41, 5.74) is 1.54. The molecule has 1 aliphatic heterocycles. The monoisotopic (exact) mass is 735 g/mol. The maximum atomic E-state index is 13.9. The Morgan fingerprint density at radius 3 is 2.57 bits per heavy atom. The Balaban J connectivity index is 2.36. The number of nitrogens with zero attached hydrogens (tertiary/aromatic N) is 2. The number of allylic oxidation sites excluding steroid dienone is 7. The number of likely N-dealkylation sites (N-methyl/N-ethyl adjacent to an activating group) is 1. The van der Waals surface area contributed by atoms with Crippen LogP contribution in [0.2, 0.25) is 0 Å². The standard InChI is InChI=1S/C41H57N3O9/c1-9-31(17-16-30(7)51-8)18-20-32(45)19-14-28(5)39-29(6)15-21-37(48)42-22-12-13-27(4)23-33(46)24-34(47)25-38-43-35(26-52-38)40(49)44(11-3)36(10-2)41(50)53-39/h9,12-13,15-17,21,23,26,28-29,33,36,39,46H,1,10-11,14,18-20,22,24-25H2,2-8H3,(H,42,48)/b13-12+,21-15+,27-23+,30-16+,31-17+/t28-,29+,33+,36+,39+/m0/s1. The fraction of sp³-hybridized carbons (Fsp3) is 0.512. The van der Waals surface area contributed by atoms with Gasteiger partial charge < -0.3 is 29.2 Å². The number of nitrogens with one attached hydrogen (secondary N) is 1. The summed E-state index contributed by atoms with van der Waals surface area (Å²) < 4.78 is 16.8. The van der Waals surface area contributed by atoms with Gasteiger partial charge in [0.2, 0.25) is 11.8 Å². The number of aromatic nitrogens is 1. The first-order chi connectivity index (χ1) is 25.2. The third kappa shape index (κ3) is 15.3. The highest BCUT2D eigenvalue weighted by Gasteiger charge is 2.35. The first-order valence-electron chi connectivity index (χ1n) is 18.2. The van der Waals surface area contributed by atoms with Gasteiger partial charge in [0.1, 0.15) is 30.0 Å². The molecule has 1 aromatic heterocycles. The van der Waals surface area contributed by atoms with E-state index < -0.39 is 36.0 Å². The number of rotatable bonds is 12. The van der Waals surface area contributed by atoms with Gasteiger partial charge in [-0.1, -0.05) is 69.4 Å². The van der Waals surface area contributed by atoms with Gasteiger partial charge in [0.25, 0.3) is 5.91 Å². The van der Waals surface area contributed by atoms with E-state index in [4.69, 9.17) is 13.9 Å². The van der Waals surface area contributed by atoms with E-state index in [1.54, 1.807) is 52.2 Å². The molecule has 2 heterocycles. The molecule has 0 saturated heterocycles. The van der Waals surface area contributed by atoms with Gasteiger partial charge in [0.15, 0.2) is 5.69 Å². The molecule has 0 aromatic carbocycles. The van der Waals surface area contributed by atoms with E-state index in [0.717, 1.165) is 17.6 Å². The molecule has 12 heteroatoms. The van der Waals surface area contributed by atoms with Gasteiger partial charge in [-0.3, -0.25) is 19.2 Å². The number of cyclic esters (lactones) is 1. The summed E-state index contributed by atoms with van der Waals surface area (Å²) in [5, 5.41) is 13.2. The van der Waals surface area contributed by atoms with Crippen LogP contribution in [0.15, 0.2) is 82.8 Å². The number of methoxy groups -OCH3 is 1. The zero-order valence-corrected chi connectivity index (χ0v) is 32.3. The molecular weight excluding hydrogens is 678 g/mol. The number of carbonyl (C=O) groups is 5. The van der Waals surface area contributed by atoms with Gasteiger partial charge in [-0.05, 0) is 63.7 Å². The molecule has 290 valence electrons. The van der Waals surface area contributed by atoms with Crippen LogP contribution in [-0.2, 0) is 35.1 Å². The average molecular weight is 736 g/mol. The molecule has 0 spiro atoms. The summed E-state index contributed by atoms with van der Waals surface area (Å²) in [7, 11) is 1.59. The Kier molecular flexibility index (Phi) is 19.2. The van der Waals surface area contributed by atoms with E-state index in [1.807, 2.05) is 32.9 Å². The first kappa shape index (κ1) is 44.3. The summed E-state index contributed by atoms with van der Waals surface area (Å²) in [5.74, 6) is -1.80. The van der Waals surface area contributed by atoms with E-state index in [-0.39, 0.29) is 73.7 Å². The van der Waals surface area contributed by atoms with Crippen molar-refractivity contribution in [3.8, 4) is 0 Å². The van der Waals surface area contributed by atoms with Crippen LogP contribution in [0.5, 0.6) is 0 Å². The molecule has 2 rings (SSSR count). The van der Waals surface area contributed by atoms with Crippen molar-refractivity contribution >= 4 is 29.4 Å². The number of ketones is 2. The Bertz CT molecular complexity index is 1580. The minimum absolute atomic E-state index is 0.0192. The number of aliphatic hydroxyl groups excluding tert-OH is 1. The molecule has 2 bridgehead atoms. The maximum absolute atomic E-state index is 13.9. The van der Waals surface area contributed by atoms with Crippen LogP contribution in [0.25, 0.3) is 0 Å². The number of Topliss-reactive ketones (excluding diaryl/α,β-unsaturated/α-hetero) is 2. The second-order valence-corrected chi connectivity index (χ2v) is 13.3. The van der Waals surface area contributed by atoms with Crippen LogP contribution in [0, 0.1) is 11.8 Å². The summed E-state index contributed by atoms with van der Waals surface area (Å²) in [6.07, 6.45) is 14.2. The SMILES string of the molecule is C=C/C(=C\C=C(/C)OC)CCC(=O)CC[C@H](C)[C@H]1OC(=O)[C@@H](CC)N(CC)C(=O)c2coc(n2)CC(=O)C[C@H](O)/C=C(C)/C=C/CNC(=O)/C=C/[C@H]1C. The van der Waals surface area contributed by atoms with Crippen LogP contribution in [0.1, 0.15) is 96.4 Å². The second kappa shape index (κ2) is 23.0. The highest BCUT2D eigenvalue weighted by atomic mass is 16.5. The van der Waals surface area contributed by atoms with E-state index in [9.17, 15) is 29.1 Å². The number of hydrogen-bond acceptors (Lipinski definition) is 10. The highest BCUT2D eigenvalue weighted by Crippen LogP contribution is 2.25. The van der Waals surface area contributed by atoms with E-state index in [0.29, 0.717) is 24.8 Å². The van der Waals surface area contributed by atoms with Crippen LogP contribution >= 0.6 is 0 Å².